The molecule has 0 spiro atoms. The molecule has 0 atom stereocenters. The first-order valence-corrected chi connectivity index (χ1v) is 40.9. The summed E-state index contributed by atoms with van der Waals surface area (Å²) in [7, 11) is 4.54. The van der Waals surface area contributed by atoms with Gasteiger partial charge in [0.1, 0.15) is 23.1 Å². The highest BCUT2D eigenvalue weighted by Crippen LogP contribution is 2.37. The number of hydrogen-bond acceptors (Lipinski definition) is 20. The molecule has 12 aromatic rings. The maximum absolute atomic E-state index is 13.8. The van der Waals surface area contributed by atoms with Gasteiger partial charge in [0.2, 0.25) is 0 Å². The molecule has 121 heavy (non-hydrogen) atoms. The van der Waals surface area contributed by atoms with Crippen LogP contribution in [-0.2, 0) is 19.6 Å². The summed E-state index contributed by atoms with van der Waals surface area (Å²) in [6, 6.07) is 22.7. The molecule has 0 aliphatic carbocycles. The third kappa shape index (κ3) is 18.2. The molecular weight excluding hydrogens is 1530 g/mol. The molecule has 0 aromatic carbocycles. The monoisotopic (exact) mass is 1640 g/mol. The first-order chi connectivity index (χ1) is 58.2. The van der Waals surface area contributed by atoms with E-state index in [0.717, 1.165) is 205 Å². The number of aryl methyl sites for hydroxylation is 5. The Morgan fingerprint density at radius 3 is 1.12 bits per heavy atom. The number of nitrogens with one attached hydrogen (secondary N) is 7. The molecular formula is C91H109N21O9. The number of nitrogens with zero attached hydrogens (tertiary/aromatic N) is 14. The smallest absolute Gasteiger partial charge is 0.256 e. The third-order valence-electron chi connectivity index (χ3n) is 23.4. The molecule has 3 saturated heterocycles. The molecule has 632 valence electrons. The number of H-pyrrole nitrogens is 4. The van der Waals surface area contributed by atoms with Crippen molar-refractivity contribution in [2.75, 3.05) is 120 Å². The molecule has 3 amide bonds. The Balaban J connectivity index is 0.000000157. The molecule has 3 fully saturated rings. The average Bonchev–Trinajstić information content (AvgIpc) is 1.65. The van der Waals surface area contributed by atoms with Crippen LogP contribution in [0.15, 0.2) is 144 Å². The summed E-state index contributed by atoms with van der Waals surface area (Å²) in [4.78, 5) is 110. The van der Waals surface area contributed by atoms with E-state index in [4.69, 9.17) is 14.2 Å². The number of aromatic amines is 4. The number of amides is 3. The fourth-order valence-corrected chi connectivity index (χ4v) is 16.3. The number of fused-ring (bicyclic) bond motifs is 3. The number of ether oxygens (including phenoxy) is 3. The number of carbonyl (C=O) groups is 3. The van der Waals surface area contributed by atoms with Gasteiger partial charge in [0.05, 0.1) is 125 Å². The lowest BCUT2D eigenvalue weighted by Crippen LogP contribution is -2.45. The van der Waals surface area contributed by atoms with Crippen molar-refractivity contribution in [3.05, 3.63) is 257 Å². The Hall–Kier alpha value is -13.2. The molecule has 15 heterocycles. The van der Waals surface area contributed by atoms with Gasteiger partial charge in [-0.1, -0.05) is 40.5 Å². The number of piperazine rings is 3. The first-order valence-electron chi connectivity index (χ1n) is 40.9. The van der Waals surface area contributed by atoms with Gasteiger partial charge >= 0.3 is 0 Å². The number of likely N-dealkylation sites (N-methyl/N-ethyl adjacent to an activating group) is 3. The Kier molecular flexibility index (Phi) is 26.5. The van der Waals surface area contributed by atoms with Crippen LogP contribution in [0.2, 0.25) is 0 Å². The summed E-state index contributed by atoms with van der Waals surface area (Å²) in [5, 5.41) is 24.6. The third-order valence-corrected chi connectivity index (χ3v) is 23.4. The van der Waals surface area contributed by atoms with E-state index < -0.39 is 0 Å². The van der Waals surface area contributed by atoms with E-state index in [-0.39, 0.29) is 54.0 Å². The van der Waals surface area contributed by atoms with Gasteiger partial charge in [-0.25, -0.2) is 9.97 Å². The minimum absolute atomic E-state index is 0.0226. The molecule has 30 heteroatoms. The van der Waals surface area contributed by atoms with Crippen LogP contribution < -0.4 is 46.8 Å². The highest BCUT2D eigenvalue weighted by Gasteiger charge is 2.31. The summed E-state index contributed by atoms with van der Waals surface area (Å²) in [5.74, 6) is 1.15. The second kappa shape index (κ2) is 37.4. The van der Waals surface area contributed by atoms with E-state index in [9.17, 15) is 28.8 Å². The number of hydrogen-bond donors (Lipinski definition) is 7. The quantitative estimate of drug-likeness (QED) is 0.0296. The Bertz CT molecular complexity index is 5820. The topological polar surface area (TPSA) is 326 Å². The molecule has 0 unspecified atom stereocenters. The number of rotatable bonds is 24. The minimum Gasteiger partial charge on any atom is -0.496 e. The van der Waals surface area contributed by atoms with Crippen LogP contribution in [0.25, 0.3) is 67.3 Å². The van der Waals surface area contributed by atoms with Gasteiger partial charge in [-0.3, -0.25) is 33.9 Å². The van der Waals surface area contributed by atoms with E-state index >= 15 is 0 Å². The maximum atomic E-state index is 13.8. The molecule has 3 aliphatic rings. The van der Waals surface area contributed by atoms with Gasteiger partial charge in [-0.2, -0.15) is 15.3 Å². The zero-order valence-electron chi connectivity index (χ0n) is 71.7. The van der Waals surface area contributed by atoms with Crippen LogP contribution in [0, 0.1) is 55.4 Å². The van der Waals surface area contributed by atoms with Gasteiger partial charge in [-0.15, -0.1) is 0 Å². The lowest BCUT2D eigenvalue weighted by Gasteiger charge is -2.37. The minimum atomic E-state index is -0.293. The van der Waals surface area contributed by atoms with E-state index in [1.54, 1.807) is 57.6 Å². The van der Waals surface area contributed by atoms with Crippen LogP contribution in [0.5, 0.6) is 17.2 Å². The highest BCUT2D eigenvalue weighted by molar-refractivity contribution is 6.02. The molecule has 7 N–H and O–H groups in total. The number of carbonyl (C=O) groups excluding carboxylic acids is 3. The van der Waals surface area contributed by atoms with Crippen molar-refractivity contribution in [2.24, 2.45) is 0 Å². The van der Waals surface area contributed by atoms with E-state index in [1.165, 1.54) is 21.3 Å². The van der Waals surface area contributed by atoms with Gasteiger partial charge < -0.3 is 87.7 Å². The molecule has 30 nitrogen and oxygen atoms in total. The SMILES string of the molecule is C=C(c1c(C)c(C(=O)NCc2c(OC)cc(C)[nH]c2=O)cc2c(-c3ccc(C)nn3)ccn12)N1CCN(CC)CC1.C=C(c1c(C)c(C(=O)NCc2c(OC)cc(C)[nH]c2=O)cc2c(-c3ccn[nH]3)ccn12)N1CCN(CC)CC1.C=C(c1c(C)c(C(=O)NCc2c(OC)cc(C)[nH]c2=O)cc2c(-c3cnc(C)nc3)ccn12)N1CCN(CC)CC1. The fraction of sp³-hybridized carbons (Fsp3) is 0.352. The lowest BCUT2D eigenvalue weighted by molar-refractivity contribution is 0.0941. The Labute approximate surface area is 703 Å². The molecule has 0 radical (unpaired) electrons. The van der Waals surface area contributed by atoms with Crippen LogP contribution in [-0.4, -0.2) is 225 Å². The second-order valence-corrected chi connectivity index (χ2v) is 30.7. The van der Waals surface area contributed by atoms with Crippen molar-refractivity contribution < 1.29 is 28.6 Å². The van der Waals surface area contributed by atoms with Gasteiger partial charge in [0.25, 0.3) is 34.4 Å². The highest BCUT2D eigenvalue weighted by atomic mass is 16.5. The van der Waals surface area contributed by atoms with Gasteiger partial charge in [0, 0.05) is 172 Å². The lowest BCUT2D eigenvalue weighted by atomic mass is 10.0. The normalized spacial score (nSPS) is 14.0. The van der Waals surface area contributed by atoms with E-state index in [1.807, 2.05) is 108 Å². The van der Waals surface area contributed by atoms with Crippen molar-refractivity contribution in [2.45, 2.75) is 95.8 Å². The van der Waals surface area contributed by atoms with Crippen LogP contribution >= 0.6 is 0 Å². The van der Waals surface area contributed by atoms with Gasteiger partial charge in [0.15, 0.2) is 0 Å². The molecule has 15 rings (SSSR count). The molecule has 0 bridgehead atoms. The first kappa shape index (κ1) is 85.7. The largest absolute Gasteiger partial charge is 0.496 e. The summed E-state index contributed by atoms with van der Waals surface area (Å²) < 4.78 is 22.5. The van der Waals surface area contributed by atoms with E-state index in [0.29, 0.717) is 73.5 Å². The van der Waals surface area contributed by atoms with Crippen molar-refractivity contribution in [1.29, 1.82) is 0 Å². The molecule has 12 aromatic heterocycles. The zero-order valence-corrected chi connectivity index (χ0v) is 71.7. The molecule has 3 aliphatic heterocycles. The number of pyridine rings is 6. The van der Waals surface area contributed by atoms with Crippen molar-refractivity contribution in [3.63, 3.8) is 0 Å². The standard InChI is InChI=1S/2C31H37N7O3.C29H35N7O3/c1-7-36-10-12-37(13-11-36)21(4)29-20(3)25(30(39)34-18-26-28(41-6)14-19(2)35-31(26)40)15-27-24(8-9-38(27)29)23-16-32-22(5)33-17-23;1-7-36-12-14-37(15-13-36)22(5)29-21(4)24(30(39)32-18-25-28(41-6)16-20(3)33-31(25)40)17-27-23(10-11-38(27)29)26-9-8-19(2)34-35-26;1-6-34-11-13-35(14-12-34)20(4)27-19(3)22(16-25-21(8-10-36(25)27)24-7-9-31-33-24)28(37)30-17-23-26(39-5)15-18(2)32-29(23)38/h8-9,14-17H,4,7,10-13,18H2,1-3,5-6H3,(H,34,39)(H,35,40);8-11,16-17H,5,7,12-15,18H2,1-4,6H3,(H,32,39)(H,33,40);7-10,15-16H,4,6,11-14,17H2,1-3,5H3,(H,30,37)(H,31,33)(H,32,38). The zero-order chi connectivity index (χ0) is 86.2. The van der Waals surface area contributed by atoms with Crippen molar-refractivity contribution >= 4 is 51.4 Å². The second-order valence-electron chi connectivity index (χ2n) is 30.7. The summed E-state index contributed by atoms with van der Waals surface area (Å²) in [6.07, 6.45) is 11.3. The van der Waals surface area contributed by atoms with Gasteiger partial charge in [-0.05, 0) is 165 Å². The van der Waals surface area contributed by atoms with Crippen LogP contribution in [0.1, 0.15) is 131 Å². The summed E-state index contributed by atoms with van der Waals surface area (Å²) >= 11 is 0. The van der Waals surface area contributed by atoms with E-state index in [2.05, 4.69) is 144 Å². The fourth-order valence-electron chi connectivity index (χ4n) is 16.3. The molecule has 0 saturated carbocycles. The van der Waals surface area contributed by atoms with Crippen LogP contribution in [0.4, 0.5) is 0 Å². The Morgan fingerprint density at radius 2 is 0.785 bits per heavy atom. The number of methoxy groups -OCH3 is 3. The predicted octanol–water partition coefficient (Wildman–Crippen LogP) is 10.3. The van der Waals surface area contributed by atoms with Crippen molar-refractivity contribution in [1.82, 2.24) is 104 Å². The maximum Gasteiger partial charge on any atom is 0.256 e. The summed E-state index contributed by atoms with van der Waals surface area (Å²) in [5.41, 5.74) is 20.0. The summed E-state index contributed by atoms with van der Waals surface area (Å²) in [6.45, 7) is 49.1. The Morgan fingerprint density at radius 1 is 0.438 bits per heavy atom. The number of aromatic nitrogens is 12. The van der Waals surface area contributed by atoms with Crippen LogP contribution in [0.3, 0.4) is 0 Å². The van der Waals surface area contributed by atoms with Crippen molar-refractivity contribution in [3.8, 4) is 50.9 Å². The average molecular weight is 1640 g/mol. The predicted molar refractivity (Wildman–Crippen MR) is 472 cm³/mol.